The SMILES string of the molecule is CC(=O)Nc1nc2ccccc2[n+]([O-])[n+]1[O-]. The van der Waals surface area contributed by atoms with Crippen LogP contribution >= 0.6 is 0 Å². The lowest BCUT2D eigenvalue weighted by molar-refractivity contribution is -1.17. The molecule has 0 radical (unpaired) electrons. The predicted molar refractivity (Wildman–Crippen MR) is 54.0 cm³/mol. The number of para-hydroxylation sites is 2. The molecule has 7 nitrogen and oxygen atoms in total. The monoisotopic (exact) mass is 220 g/mol. The standard InChI is InChI=1S/C9H8N4O3/c1-6(14)10-9-11-7-4-2-3-5-8(7)12(15)13(9)16/h2-5H,1H3,(H,10,11,14). The summed E-state index contributed by atoms with van der Waals surface area (Å²) in [6.45, 7) is 1.23. The van der Waals surface area contributed by atoms with Crippen molar-refractivity contribution in [2.24, 2.45) is 0 Å². The second-order valence-corrected chi connectivity index (χ2v) is 3.15. The summed E-state index contributed by atoms with van der Waals surface area (Å²) in [5, 5.41) is 25.1. The number of anilines is 1. The summed E-state index contributed by atoms with van der Waals surface area (Å²) in [5.74, 6) is -0.798. The Morgan fingerprint density at radius 3 is 2.69 bits per heavy atom. The van der Waals surface area contributed by atoms with Crippen molar-refractivity contribution < 1.29 is 14.5 Å². The summed E-state index contributed by atoms with van der Waals surface area (Å²) in [6.07, 6.45) is 0. The van der Waals surface area contributed by atoms with Gasteiger partial charge in [-0.05, 0) is 15.8 Å². The van der Waals surface area contributed by atoms with E-state index in [1.807, 2.05) is 0 Å². The van der Waals surface area contributed by atoms with Gasteiger partial charge in [-0.2, -0.15) is 0 Å². The number of rotatable bonds is 1. The maximum Gasteiger partial charge on any atom is 0.456 e. The molecule has 1 amide bonds. The van der Waals surface area contributed by atoms with Gasteiger partial charge >= 0.3 is 5.95 Å². The van der Waals surface area contributed by atoms with E-state index in [0.29, 0.717) is 5.52 Å². The van der Waals surface area contributed by atoms with Gasteiger partial charge < -0.3 is 10.4 Å². The number of benzene rings is 1. The van der Waals surface area contributed by atoms with Gasteiger partial charge in [-0.15, -0.1) is 0 Å². The third-order valence-electron chi connectivity index (χ3n) is 1.95. The third-order valence-corrected chi connectivity index (χ3v) is 1.95. The molecule has 16 heavy (non-hydrogen) atoms. The van der Waals surface area contributed by atoms with Crippen LogP contribution in [0.1, 0.15) is 6.92 Å². The highest BCUT2D eigenvalue weighted by Crippen LogP contribution is 2.06. The van der Waals surface area contributed by atoms with Gasteiger partial charge in [0, 0.05) is 13.0 Å². The van der Waals surface area contributed by atoms with Gasteiger partial charge in [-0.3, -0.25) is 4.79 Å². The summed E-state index contributed by atoms with van der Waals surface area (Å²) < 4.78 is 0. The Balaban J connectivity index is 2.68. The molecule has 0 aliphatic rings. The molecular weight excluding hydrogens is 212 g/mol. The summed E-state index contributed by atoms with van der Waals surface area (Å²) in [6, 6.07) is 6.36. The fourth-order valence-corrected chi connectivity index (χ4v) is 1.29. The molecular formula is C9H8N4O3. The van der Waals surface area contributed by atoms with Crippen LogP contribution in [-0.2, 0) is 4.79 Å². The highest BCUT2D eigenvalue weighted by atomic mass is 16.6. The lowest BCUT2D eigenvalue weighted by atomic mass is 10.3. The first-order chi connectivity index (χ1) is 7.59. The number of amides is 1. The minimum Gasteiger partial charge on any atom is -0.688 e. The fraction of sp³-hybridized carbons (Fsp3) is 0.111. The number of hydrogen-bond donors (Lipinski definition) is 1. The van der Waals surface area contributed by atoms with Crippen LogP contribution < -0.4 is 15.0 Å². The van der Waals surface area contributed by atoms with Gasteiger partial charge in [0.1, 0.15) is 0 Å². The van der Waals surface area contributed by atoms with E-state index >= 15 is 0 Å². The van der Waals surface area contributed by atoms with Gasteiger partial charge in [0.15, 0.2) is 0 Å². The van der Waals surface area contributed by atoms with E-state index in [2.05, 4.69) is 10.3 Å². The van der Waals surface area contributed by atoms with E-state index in [1.54, 1.807) is 18.2 Å². The molecule has 0 fully saturated rings. The molecule has 2 aromatic rings. The van der Waals surface area contributed by atoms with E-state index in [0.717, 1.165) is 0 Å². The number of carbonyl (C=O) groups excluding carboxylic acids is 1. The molecule has 1 aromatic heterocycles. The average Bonchev–Trinajstić information content (AvgIpc) is 2.25. The average molecular weight is 220 g/mol. The fourth-order valence-electron chi connectivity index (χ4n) is 1.29. The maximum absolute atomic E-state index is 11.5. The molecule has 2 rings (SSSR count). The zero-order valence-corrected chi connectivity index (χ0v) is 8.38. The van der Waals surface area contributed by atoms with Crippen molar-refractivity contribution >= 4 is 22.9 Å². The number of carbonyl (C=O) groups is 1. The molecule has 0 aliphatic heterocycles. The van der Waals surface area contributed by atoms with Crippen molar-refractivity contribution in [1.82, 2.24) is 4.98 Å². The molecule has 1 aromatic carbocycles. The number of fused-ring (bicyclic) bond motifs is 1. The van der Waals surface area contributed by atoms with E-state index in [9.17, 15) is 15.2 Å². The third kappa shape index (κ3) is 1.58. The van der Waals surface area contributed by atoms with Gasteiger partial charge in [-0.25, -0.2) is 5.32 Å². The molecule has 0 bridgehead atoms. The highest BCUT2D eigenvalue weighted by molar-refractivity contribution is 5.86. The number of aromatic nitrogens is 3. The van der Waals surface area contributed by atoms with Crippen molar-refractivity contribution in [3.8, 4) is 0 Å². The number of nitrogens with zero attached hydrogens (tertiary/aromatic N) is 3. The maximum atomic E-state index is 11.5. The predicted octanol–water partition coefficient (Wildman–Crippen LogP) is -0.540. The van der Waals surface area contributed by atoms with E-state index < -0.39 is 5.91 Å². The molecule has 0 atom stereocenters. The minimum atomic E-state index is -0.465. The second kappa shape index (κ2) is 3.61. The van der Waals surface area contributed by atoms with E-state index in [4.69, 9.17) is 0 Å². The molecule has 0 spiro atoms. The Kier molecular flexibility index (Phi) is 2.28. The van der Waals surface area contributed by atoms with Crippen LogP contribution in [0.4, 0.5) is 5.95 Å². The molecule has 7 heteroatoms. The van der Waals surface area contributed by atoms with E-state index in [1.165, 1.54) is 13.0 Å². The lowest BCUT2D eigenvalue weighted by Crippen LogP contribution is -2.62. The molecule has 82 valence electrons. The van der Waals surface area contributed by atoms with Crippen molar-refractivity contribution in [2.45, 2.75) is 6.92 Å². The number of hydrogen-bond acceptors (Lipinski definition) is 4. The molecule has 0 aliphatic carbocycles. The van der Waals surface area contributed by atoms with Crippen LogP contribution in [0.2, 0.25) is 0 Å². The first-order valence-electron chi connectivity index (χ1n) is 4.49. The number of nitrogens with one attached hydrogen (secondary N) is 1. The Labute approximate surface area is 90.1 Å². The summed E-state index contributed by atoms with van der Waals surface area (Å²) in [7, 11) is 0. The zero-order valence-electron chi connectivity index (χ0n) is 8.38. The molecule has 0 saturated carbocycles. The lowest BCUT2D eigenvalue weighted by Gasteiger charge is -2.07. The molecule has 0 unspecified atom stereocenters. The zero-order chi connectivity index (χ0) is 11.7. The largest absolute Gasteiger partial charge is 0.688 e. The highest BCUT2D eigenvalue weighted by Gasteiger charge is 2.20. The summed E-state index contributed by atoms with van der Waals surface area (Å²) in [4.78, 5) is 14.8. The van der Waals surface area contributed by atoms with Crippen molar-refractivity contribution in [3.63, 3.8) is 0 Å². The van der Waals surface area contributed by atoms with Crippen LogP contribution in [0.5, 0.6) is 0 Å². The first-order valence-corrected chi connectivity index (χ1v) is 4.49. The quantitative estimate of drug-likeness (QED) is 0.515. The Hall–Kier alpha value is -2.44. The summed E-state index contributed by atoms with van der Waals surface area (Å²) in [5.41, 5.74) is 0.486. The van der Waals surface area contributed by atoms with Crippen LogP contribution in [0.15, 0.2) is 24.3 Å². The Morgan fingerprint density at radius 2 is 2.00 bits per heavy atom. The van der Waals surface area contributed by atoms with Gasteiger partial charge in [0.05, 0.1) is 0 Å². The summed E-state index contributed by atoms with van der Waals surface area (Å²) >= 11 is 0. The Morgan fingerprint density at radius 1 is 1.31 bits per heavy atom. The minimum absolute atomic E-state index is 0.0102. The second-order valence-electron chi connectivity index (χ2n) is 3.15. The normalized spacial score (nSPS) is 10.3. The smallest absolute Gasteiger partial charge is 0.456 e. The van der Waals surface area contributed by atoms with Crippen LogP contribution in [0.3, 0.4) is 0 Å². The van der Waals surface area contributed by atoms with Gasteiger partial charge in [0.25, 0.3) is 11.4 Å². The topological polar surface area (TPSA) is 95.9 Å². The van der Waals surface area contributed by atoms with Crippen LogP contribution in [0, 0.1) is 10.4 Å². The van der Waals surface area contributed by atoms with Crippen LogP contribution in [-0.4, -0.2) is 10.9 Å². The van der Waals surface area contributed by atoms with E-state index in [-0.39, 0.29) is 21.2 Å². The van der Waals surface area contributed by atoms with Crippen LogP contribution in [0.25, 0.3) is 11.0 Å². The van der Waals surface area contributed by atoms with Crippen molar-refractivity contribution in [3.05, 3.63) is 34.7 Å². The Bertz CT molecular complexity index is 570. The van der Waals surface area contributed by atoms with Gasteiger partial charge in [-0.1, -0.05) is 17.1 Å². The molecule has 1 N–H and O–H groups in total. The first kappa shape index (κ1) is 10.1. The molecule has 0 saturated heterocycles. The van der Waals surface area contributed by atoms with Crippen molar-refractivity contribution in [1.29, 1.82) is 0 Å². The van der Waals surface area contributed by atoms with Gasteiger partial charge in [0.2, 0.25) is 5.52 Å². The molecule has 1 heterocycles. The van der Waals surface area contributed by atoms with Crippen molar-refractivity contribution in [2.75, 3.05) is 5.32 Å².